The number of nitrogens with one attached hydrogen (secondary N) is 1. The summed E-state index contributed by atoms with van der Waals surface area (Å²) < 4.78 is 9.84. The summed E-state index contributed by atoms with van der Waals surface area (Å²) in [5.74, 6) is 1.40. The molecule has 2 aromatic heterocycles. The van der Waals surface area contributed by atoms with Gasteiger partial charge in [0.2, 0.25) is 5.91 Å². The molecule has 170 valence electrons. The predicted molar refractivity (Wildman–Crippen MR) is 130 cm³/mol. The van der Waals surface area contributed by atoms with Crippen molar-refractivity contribution in [2.24, 2.45) is 0 Å². The van der Waals surface area contributed by atoms with Gasteiger partial charge in [0.15, 0.2) is 0 Å². The van der Waals surface area contributed by atoms with Crippen molar-refractivity contribution >= 4 is 16.9 Å². The first kappa shape index (κ1) is 21.5. The number of imidazole rings is 2. The summed E-state index contributed by atoms with van der Waals surface area (Å²) >= 11 is 0. The van der Waals surface area contributed by atoms with Crippen LogP contribution in [0.15, 0.2) is 97.6 Å². The Morgan fingerprint density at radius 1 is 0.912 bits per heavy atom. The molecule has 0 atom stereocenters. The Bertz CT molecular complexity index is 1360. The molecule has 0 aliphatic rings. The maximum Gasteiger partial charge on any atom is 0.240 e. The number of carbonyl (C=O) groups is 1. The highest BCUT2D eigenvalue weighted by Crippen LogP contribution is 2.18. The Morgan fingerprint density at radius 3 is 2.47 bits per heavy atom. The minimum atomic E-state index is -0.0772. The summed E-state index contributed by atoms with van der Waals surface area (Å²) in [4.78, 5) is 21.6. The monoisotopic (exact) mass is 451 g/mol. The molecule has 34 heavy (non-hydrogen) atoms. The lowest BCUT2D eigenvalue weighted by atomic mass is 10.1. The van der Waals surface area contributed by atoms with Crippen molar-refractivity contribution in [3.8, 4) is 5.75 Å². The maximum absolute atomic E-state index is 12.8. The fourth-order valence-electron chi connectivity index (χ4n) is 3.83. The topological polar surface area (TPSA) is 74.0 Å². The molecular formula is C27H25N5O2. The summed E-state index contributed by atoms with van der Waals surface area (Å²) in [6.07, 6.45) is 5.51. The van der Waals surface area contributed by atoms with Crippen molar-refractivity contribution < 1.29 is 9.53 Å². The predicted octanol–water partition coefficient (Wildman–Crippen LogP) is 4.18. The van der Waals surface area contributed by atoms with Crippen molar-refractivity contribution in [2.75, 3.05) is 0 Å². The van der Waals surface area contributed by atoms with Crippen LogP contribution in [0.25, 0.3) is 11.0 Å². The lowest BCUT2D eigenvalue weighted by Gasteiger charge is -2.11. The van der Waals surface area contributed by atoms with E-state index in [2.05, 4.69) is 22.4 Å². The Balaban J connectivity index is 1.23. The molecule has 5 aromatic rings. The molecule has 0 fully saturated rings. The zero-order valence-electron chi connectivity index (χ0n) is 18.7. The van der Waals surface area contributed by atoms with Gasteiger partial charge in [0.1, 0.15) is 24.7 Å². The zero-order chi connectivity index (χ0) is 23.2. The second-order valence-electron chi connectivity index (χ2n) is 8.03. The normalized spacial score (nSPS) is 10.9. The Hall–Kier alpha value is -4.39. The number of benzene rings is 3. The Kier molecular flexibility index (Phi) is 6.34. The highest BCUT2D eigenvalue weighted by Gasteiger charge is 2.14. The van der Waals surface area contributed by atoms with Crippen molar-refractivity contribution in [3.63, 3.8) is 0 Å². The van der Waals surface area contributed by atoms with Crippen LogP contribution in [0.5, 0.6) is 5.75 Å². The molecule has 0 unspecified atom stereocenters. The van der Waals surface area contributed by atoms with Crippen LogP contribution < -0.4 is 10.1 Å². The Labute approximate surface area is 197 Å². The fraction of sp³-hybridized carbons (Fsp3) is 0.148. The molecule has 1 N–H and O–H groups in total. The molecule has 0 radical (unpaired) electrons. The van der Waals surface area contributed by atoms with Gasteiger partial charge in [0.25, 0.3) is 0 Å². The largest absolute Gasteiger partial charge is 0.486 e. The van der Waals surface area contributed by atoms with Crippen LogP contribution in [-0.2, 0) is 31.0 Å². The van der Waals surface area contributed by atoms with E-state index in [0.717, 1.165) is 28.9 Å². The van der Waals surface area contributed by atoms with Gasteiger partial charge in [-0.05, 0) is 35.4 Å². The van der Waals surface area contributed by atoms with E-state index in [1.807, 2.05) is 82.1 Å². The van der Waals surface area contributed by atoms with Gasteiger partial charge < -0.3 is 19.2 Å². The van der Waals surface area contributed by atoms with Gasteiger partial charge in [0.05, 0.1) is 17.4 Å². The molecule has 7 heteroatoms. The highest BCUT2D eigenvalue weighted by molar-refractivity contribution is 5.81. The van der Waals surface area contributed by atoms with E-state index in [1.54, 1.807) is 12.5 Å². The first-order valence-corrected chi connectivity index (χ1v) is 11.2. The summed E-state index contributed by atoms with van der Waals surface area (Å²) in [6, 6.07) is 25.6. The average Bonchev–Trinajstić information content (AvgIpc) is 3.51. The highest BCUT2D eigenvalue weighted by atomic mass is 16.5. The zero-order valence-corrected chi connectivity index (χ0v) is 18.7. The van der Waals surface area contributed by atoms with E-state index in [-0.39, 0.29) is 19.1 Å². The fourth-order valence-corrected chi connectivity index (χ4v) is 3.83. The average molecular weight is 452 g/mol. The molecule has 7 nitrogen and oxygen atoms in total. The van der Waals surface area contributed by atoms with Crippen LogP contribution in [0, 0.1) is 0 Å². The number of carbonyl (C=O) groups excluding carboxylic acids is 1. The second kappa shape index (κ2) is 10.0. The third-order valence-electron chi connectivity index (χ3n) is 5.58. The van der Waals surface area contributed by atoms with Gasteiger partial charge in [-0.25, -0.2) is 9.97 Å². The number of aromatic nitrogens is 4. The van der Waals surface area contributed by atoms with E-state index in [0.29, 0.717) is 12.4 Å². The van der Waals surface area contributed by atoms with Crippen molar-refractivity contribution in [1.82, 2.24) is 24.4 Å². The quantitative estimate of drug-likeness (QED) is 0.365. The SMILES string of the molecule is O=C(Cn1c(COc2ccccc2)nc2ccccc21)NCc1ccc(Cn2ccnc2)cc1. The Morgan fingerprint density at radius 2 is 1.68 bits per heavy atom. The molecule has 0 saturated heterocycles. The maximum atomic E-state index is 12.8. The molecule has 5 rings (SSSR count). The van der Waals surface area contributed by atoms with E-state index in [1.165, 1.54) is 5.56 Å². The molecule has 0 saturated carbocycles. The van der Waals surface area contributed by atoms with E-state index in [9.17, 15) is 4.79 Å². The summed E-state index contributed by atoms with van der Waals surface area (Å²) in [5, 5.41) is 3.02. The van der Waals surface area contributed by atoms with Gasteiger partial charge >= 0.3 is 0 Å². The minimum absolute atomic E-state index is 0.0772. The molecule has 0 aliphatic heterocycles. The van der Waals surface area contributed by atoms with E-state index >= 15 is 0 Å². The molecule has 3 aromatic carbocycles. The number of rotatable bonds is 9. The van der Waals surface area contributed by atoms with Crippen LogP contribution in [0.1, 0.15) is 17.0 Å². The van der Waals surface area contributed by atoms with Crippen molar-refractivity contribution in [1.29, 1.82) is 0 Å². The van der Waals surface area contributed by atoms with Gasteiger partial charge in [0, 0.05) is 25.5 Å². The van der Waals surface area contributed by atoms with Crippen molar-refractivity contribution in [2.45, 2.75) is 26.2 Å². The summed E-state index contributed by atoms with van der Waals surface area (Å²) in [5.41, 5.74) is 3.98. The first-order chi connectivity index (χ1) is 16.7. The summed E-state index contributed by atoms with van der Waals surface area (Å²) in [6.45, 7) is 1.69. The number of nitrogens with zero attached hydrogens (tertiary/aromatic N) is 4. The molecular weight excluding hydrogens is 426 g/mol. The van der Waals surface area contributed by atoms with Crippen LogP contribution in [0.2, 0.25) is 0 Å². The number of fused-ring (bicyclic) bond motifs is 1. The van der Waals surface area contributed by atoms with Crippen LogP contribution in [-0.4, -0.2) is 25.0 Å². The second-order valence-corrected chi connectivity index (χ2v) is 8.03. The summed E-state index contributed by atoms with van der Waals surface area (Å²) in [7, 11) is 0. The lowest BCUT2D eigenvalue weighted by molar-refractivity contribution is -0.121. The van der Waals surface area contributed by atoms with Gasteiger partial charge in [-0.1, -0.05) is 54.6 Å². The number of amides is 1. The van der Waals surface area contributed by atoms with Crippen molar-refractivity contribution in [3.05, 3.63) is 115 Å². The first-order valence-electron chi connectivity index (χ1n) is 11.2. The van der Waals surface area contributed by atoms with Gasteiger partial charge in [-0.2, -0.15) is 0 Å². The molecule has 0 spiro atoms. The minimum Gasteiger partial charge on any atom is -0.486 e. The number of para-hydroxylation sites is 3. The molecule has 1 amide bonds. The molecule has 2 heterocycles. The smallest absolute Gasteiger partial charge is 0.240 e. The molecule has 0 aliphatic carbocycles. The third kappa shape index (κ3) is 5.15. The number of hydrogen-bond acceptors (Lipinski definition) is 4. The molecule has 0 bridgehead atoms. The standard InChI is InChI=1S/C27H25N5O2/c33-27(29-16-21-10-12-22(13-11-21)17-31-15-14-28-20-31)18-32-25-9-5-4-8-24(25)30-26(32)19-34-23-6-2-1-3-7-23/h1-15,20H,16-19H2,(H,29,33). The van der Waals surface area contributed by atoms with E-state index < -0.39 is 0 Å². The number of hydrogen-bond donors (Lipinski definition) is 1. The van der Waals surface area contributed by atoms with E-state index in [4.69, 9.17) is 9.72 Å². The van der Waals surface area contributed by atoms with Crippen LogP contribution in [0.3, 0.4) is 0 Å². The number of ether oxygens (including phenoxy) is 1. The third-order valence-corrected chi connectivity index (χ3v) is 5.58. The van der Waals surface area contributed by atoms with Crippen LogP contribution >= 0.6 is 0 Å². The van der Waals surface area contributed by atoms with Crippen LogP contribution in [0.4, 0.5) is 0 Å². The van der Waals surface area contributed by atoms with Gasteiger partial charge in [-0.15, -0.1) is 0 Å². The lowest BCUT2D eigenvalue weighted by Crippen LogP contribution is -2.28. The van der Waals surface area contributed by atoms with Gasteiger partial charge in [-0.3, -0.25) is 4.79 Å².